The minimum Gasteiger partial charge on any atom is -0.182 e. The van der Waals surface area contributed by atoms with Gasteiger partial charge in [-0.1, -0.05) is 5.10 Å². The Kier molecular flexibility index (Phi) is 1.11. The van der Waals surface area contributed by atoms with Crippen molar-refractivity contribution in [2.75, 3.05) is 0 Å². The molecule has 3 nitrogen and oxygen atoms in total. The molecule has 0 aliphatic heterocycles. The molecule has 0 unspecified atom stereocenters. The highest BCUT2D eigenvalue weighted by atomic mass is 19.1. The predicted molar refractivity (Wildman–Crippen MR) is 18.6 cm³/mol. The fraction of sp³-hybridized carbons (Fsp3) is 0. The van der Waals surface area contributed by atoms with E-state index in [0.717, 1.165) is 0 Å². The van der Waals surface area contributed by atoms with Crippen LogP contribution >= 0.6 is 0 Å². The Morgan fingerprint density at radius 2 is 2.12 bits per heavy atom. The first-order valence-corrected chi connectivity index (χ1v) is 1.72. The summed E-state index contributed by atoms with van der Waals surface area (Å²) in [6.07, 6.45) is 0.514. The van der Waals surface area contributed by atoms with E-state index < -0.39 is 12.0 Å². The molecule has 0 aromatic carbocycles. The Balaban J connectivity index is 3.08. The van der Waals surface area contributed by atoms with Crippen LogP contribution in [0.15, 0.2) is 0 Å². The number of nitrogens with zero attached hydrogens (tertiary/aromatic N) is 3. The van der Waals surface area contributed by atoms with Crippen LogP contribution in [0.2, 0.25) is 0 Å². The Labute approximate surface area is 43.4 Å². The summed E-state index contributed by atoms with van der Waals surface area (Å²) in [5, 5.41) is 5.51. The zero-order chi connectivity index (χ0) is 5.98. The van der Waals surface area contributed by atoms with Crippen molar-refractivity contribution in [2.24, 2.45) is 0 Å². The molecule has 5 heteroatoms. The van der Waals surface area contributed by atoms with Gasteiger partial charge in [0, 0.05) is 0 Å². The van der Waals surface area contributed by atoms with Gasteiger partial charge in [0.1, 0.15) is 0 Å². The number of hydrogen-bond donors (Lipinski definition) is 0. The molecule has 1 rings (SSSR count). The quantitative estimate of drug-likeness (QED) is 0.477. The van der Waals surface area contributed by atoms with Gasteiger partial charge < -0.3 is 0 Å². The third-order valence-corrected chi connectivity index (χ3v) is 0.465. The minimum absolute atomic E-state index is 1.09. The topological polar surface area (TPSA) is 38.7 Å². The summed E-state index contributed by atoms with van der Waals surface area (Å²) in [5.74, 6) is -1.09. The first kappa shape index (κ1) is 5.02. The molecule has 1 heterocycles. The molecule has 8 heavy (non-hydrogen) atoms. The van der Waals surface area contributed by atoms with Gasteiger partial charge in [-0.05, 0) is 0 Å². The molecule has 0 fully saturated rings. The van der Waals surface area contributed by atoms with Crippen molar-refractivity contribution in [3.05, 3.63) is 18.2 Å². The molecular weight excluding hydrogens is 116 g/mol. The van der Waals surface area contributed by atoms with E-state index >= 15 is 0 Å². The molecule has 0 N–H and O–H groups in total. The Hall–Kier alpha value is -1.13. The van der Waals surface area contributed by atoms with E-state index in [1.54, 1.807) is 6.20 Å². The zero-order valence-corrected chi connectivity index (χ0v) is 3.60. The summed E-state index contributed by atoms with van der Waals surface area (Å²) in [7, 11) is 0. The highest BCUT2D eigenvalue weighted by molar-refractivity contribution is 4.65. The third-order valence-electron chi connectivity index (χ3n) is 0.465. The maximum absolute atomic E-state index is 11.7. The van der Waals surface area contributed by atoms with Crippen molar-refractivity contribution >= 4 is 0 Å². The Morgan fingerprint density at radius 1 is 1.38 bits per heavy atom. The first-order valence-electron chi connectivity index (χ1n) is 1.72. The first-order chi connectivity index (χ1) is 3.79. The second-order valence-electron chi connectivity index (χ2n) is 0.983. The molecule has 41 valence electrons. The fourth-order valence-corrected chi connectivity index (χ4v) is 0.236. The van der Waals surface area contributed by atoms with Crippen LogP contribution in [0.1, 0.15) is 0 Å². The van der Waals surface area contributed by atoms with Crippen LogP contribution in [-0.2, 0) is 0 Å². The molecule has 0 amide bonds. The maximum Gasteiger partial charge on any atom is 0.330 e. The second-order valence-corrected chi connectivity index (χ2v) is 0.983. The fourth-order valence-electron chi connectivity index (χ4n) is 0.236. The Bertz CT molecular complexity index is 172. The third kappa shape index (κ3) is 0.927. The van der Waals surface area contributed by atoms with Gasteiger partial charge in [0.05, 0.1) is 0 Å². The van der Waals surface area contributed by atoms with E-state index in [1.165, 1.54) is 0 Å². The number of hydrogen-bond acceptors (Lipinski definition) is 3. The van der Waals surface area contributed by atoms with Crippen molar-refractivity contribution in [1.82, 2.24) is 15.2 Å². The van der Waals surface area contributed by atoms with Gasteiger partial charge in [-0.3, -0.25) is 0 Å². The van der Waals surface area contributed by atoms with Gasteiger partial charge in [0.15, 0.2) is 6.20 Å². The molecule has 0 aliphatic carbocycles. The molecule has 0 aliphatic rings. The second kappa shape index (κ2) is 1.77. The molecule has 1 aromatic rings. The van der Waals surface area contributed by atoms with Gasteiger partial charge >= 0.3 is 6.08 Å². The molecule has 0 saturated heterocycles. The summed E-state index contributed by atoms with van der Waals surface area (Å²) in [6.45, 7) is 0. The Morgan fingerprint density at radius 3 is 2.50 bits per heavy atom. The number of halogens is 2. The van der Waals surface area contributed by atoms with Crippen molar-refractivity contribution in [3.63, 3.8) is 0 Å². The van der Waals surface area contributed by atoms with Crippen molar-refractivity contribution in [2.45, 2.75) is 0 Å². The van der Waals surface area contributed by atoms with Crippen LogP contribution in [0.5, 0.6) is 0 Å². The largest absolute Gasteiger partial charge is 0.330 e. The number of rotatable bonds is 0. The van der Waals surface area contributed by atoms with Gasteiger partial charge in [-0.2, -0.15) is 13.8 Å². The number of aromatic nitrogens is 3. The van der Waals surface area contributed by atoms with Crippen molar-refractivity contribution in [3.8, 4) is 0 Å². The van der Waals surface area contributed by atoms with Crippen LogP contribution in [0.3, 0.4) is 0 Å². The van der Waals surface area contributed by atoms with Gasteiger partial charge in [-0.15, -0.1) is 5.10 Å². The molecule has 0 bridgehead atoms. The van der Waals surface area contributed by atoms with E-state index in [9.17, 15) is 8.78 Å². The van der Waals surface area contributed by atoms with E-state index in [4.69, 9.17) is 0 Å². The average molecular weight is 116 g/mol. The summed E-state index contributed by atoms with van der Waals surface area (Å²) in [4.78, 5) is 2.61. The summed E-state index contributed by atoms with van der Waals surface area (Å²) < 4.78 is 23.3. The molecular formula is C3F2N3. The maximum atomic E-state index is 11.7. The zero-order valence-electron chi connectivity index (χ0n) is 3.60. The highest BCUT2D eigenvalue weighted by Crippen LogP contribution is 1.84. The normalized spacial score (nSPS) is 9.25. The highest BCUT2D eigenvalue weighted by Gasteiger charge is 1.94. The lowest BCUT2D eigenvalue weighted by Gasteiger charge is -1.80. The van der Waals surface area contributed by atoms with Crippen LogP contribution in [0, 0.1) is 18.2 Å². The van der Waals surface area contributed by atoms with Crippen LogP contribution in [-0.4, -0.2) is 15.2 Å². The molecule has 0 spiro atoms. The lowest BCUT2D eigenvalue weighted by molar-refractivity contribution is 0.459. The SMILES string of the molecule is Fc1[c]nnc(F)n1. The monoisotopic (exact) mass is 116 g/mol. The molecule has 1 aromatic heterocycles. The standard InChI is InChI=1S/C3F2N3/c4-2-1-6-8-3(5)7-2. The summed E-state index contributed by atoms with van der Waals surface area (Å²) in [6, 6.07) is 0. The van der Waals surface area contributed by atoms with Crippen LogP contribution in [0.4, 0.5) is 8.78 Å². The summed E-state index contributed by atoms with van der Waals surface area (Å²) in [5.41, 5.74) is 0. The van der Waals surface area contributed by atoms with Gasteiger partial charge in [0.25, 0.3) is 0 Å². The smallest absolute Gasteiger partial charge is 0.182 e. The van der Waals surface area contributed by atoms with Crippen LogP contribution in [0.25, 0.3) is 0 Å². The van der Waals surface area contributed by atoms with E-state index in [2.05, 4.69) is 15.2 Å². The lowest BCUT2D eigenvalue weighted by Crippen LogP contribution is -1.94. The van der Waals surface area contributed by atoms with Gasteiger partial charge in [-0.25, -0.2) is 0 Å². The van der Waals surface area contributed by atoms with Crippen molar-refractivity contribution < 1.29 is 8.78 Å². The lowest BCUT2D eigenvalue weighted by atomic mass is 10.9. The summed E-state index contributed by atoms with van der Waals surface area (Å²) >= 11 is 0. The molecule has 0 saturated carbocycles. The minimum atomic E-state index is -1.18. The van der Waals surface area contributed by atoms with E-state index in [-0.39, 0.29) is 0 Å². The molecule has 1 radical (unpaired) electrons. The van der Waals surface area contributed by atoms with Crippen molar-refractivity contribution in [1.29, 1.82) is 0 Å². The predicted octanol–water partition coefficient (Wildman–Crippen LogP) is -0.0500. The van der Waals surface area contributed by atoms with E-state index in [1.807, 2.05) is 0 Å². The van der Waals surface area contributed by atoms with Gasteiger partial charge in [0.2, 0.25) is 5.95 Å². The van der Waals surface area contributed by atoms with E-state index in [0.29, 0.717) is 0 Å². The average Bonchev–Trinajstić information content (AvgIpc) is 1.64. The molecule has 0 atom stereocenters. The van der Waals surface area contributed by atoms with Crippen LogP contribution < -0.4 is 0 Å².